The molecule has 0 radical (unpaired) electrons. The minimum Gasteiger partial charge on any atom is -0.355 e. The van der Waals surface area contributed by atoms with Gasteiger partial charge in [-0.05, 0) is 43.6 Å². The number of benzene rings is 1. The lowest BCUT2D eigenvalue weighted by Crippen LogP contribution is -2.34. The molecular weight excluding hydrogens is 270 g/mol. The van der Waals surface area contributed by atoms with Crippen molar-refractivity contribution < 1.29 is 4.79 Å². The van der Waals surface area contributed by atoms with Crippen LogP contribution in [-0.2, 0) is 4.79 Å². The monoisotopic (exact) mass is 293 g/mol. The van der Waals surface area contributed by atoms with Gasteiger partial charge in [-0.1, -0.05) is 37.3 Å². The lowest BCUT2D eigenvalue weighted by atomic mass is 9.88. The molecular formula is C17H24ClNO. The zero-order valence-electron chi connectivity index (χ0n) is 12.1. The van der Waals surface area contributed by atoms with Gasteiger partial charge in [0.1, 0.15) is 0 Å². The quantitative estimate of drug-likeness (QED) is 0.814. The summed E-state index contributed by atoms with van der Waals surface area (Å²) in [5.74, 6) is 0.731. The average molecular weight is 294 g/mol. The van der Waals surface area contributed by atoms with Crippen LogP contribution in [0.2, 0.25) is 0 Å². The van der Waals surface area contributed by atoms with Gasteiger partial charge in [0.05, 0.1) is 5.92 Å². The highest BCUT2D eigenvalue weighted by atomic mass is 35.5. The van der Waals surface area contributed by atoms with Crippen LogP contribution in [0, 0.1) is 5.92 Å². The lowest BCUT2D eigenvalue weighted by Gasteiger charge is -2.26. The second-order valence-electron chi connectivity index (χ2n) is 5.73. The Hall–Kier alpha value is -1.02. The van der Waals surface area contributed by atoms with E-state index in [1.165, 1.54) is 0 Å². The second-order valence-corrected chi connectivity index (χ2v) is 6.35. The highest BCUT2D eigenvalue weighted by Crippen LogP contribution is 2.27. The molecule has 2 nitrogen and oxygen atoms in total. The van der Waals surface area contributed by atoms with E-state index in [9.17, 15) is 4.79 Å². The Bertz CT molecular complexity index is 412. The topological polar surface area (TPSA) is 29.1 Å². The van der Waals surface area contributed by atoms with Crippen LogP contribution in [0.15, 0.2) is 30.3 Å². The molecule has 0 bridgehead atoms. The maximum Gasteiger partial charge on any atom is 0.227 e. The Labute approximate surface area is 126 Å². The van der Waals surface area contributed by atoms with Gasteiger partial charge in [0, 0.05) is 11.9 Å². The van der Waals surface area contributed by atoms with Crippen LogP contribution in [-0.4, -0.2) is 17.8 Å². The van der Waals surface area contributed by atoms with Crippen LogP contribution >= 0.6 is 11.6 Å². The molecule has 1 atom stereocenters. The molecule has 1 unspecified atom stereocenters. The third kappa shape index (κ3) is 4.24. The molecule has 1 aromatic carbocycles. The Kier molecular flexibility index (Phi) is 5.90. The van der Waals surface area contributed by atoms with Crippen molar-refractivity contribution in [3.8, 4) is 0 Å². The van der Waals surface area contributed by atoms with Crippen LogP contribution < -0.4 is 5.32 Å². The van der Waals surface area contributed by atoms with Gasteiger partial charge in [-0.15, -0.1) is 11.6 Å². The molecule has 1 amide bonds. The van der Waals surface area contributed by atoms with Crippen molar-refractivity contribution >= 4 is 17.5 Å². The van der Waals surface area contributed by atoms with Crippen LogP contribution in [0.1, 0.15) is 50.5 Å². The summed E-state index contributed by atoms with van der Waals surface area (Å²) in [5.41, 5.74) is 1.11. The van der Waals surface area contributed by atoms with E-state index in [2.05, 4.69) is 12.2 Å². The number of alkyl halides is 1. The van der Waals surface area contributed by atoms with E-state index in [0.29, 0.717) is 11.3 Å². The molecule has 1 saturated carbocycles. The number of rotatable bonds is 5. The van der Waals surface area contributed by atoms with Crippen LogP contribution in [0.3, 0.4) is 0 Å². The molecule has 2 rings (SSSR count). The minimum atomic E-state index is -0.0273. The molecule has 0 aliphatic heterocycles. The van der Waals surface area contributed by atoms with Gasteiger partial charge in [0.2, 0.25) is 5.91 Å². The van der Waals surface area contributed by atoms with Gasteiger partial charge in [0.15, 0.2) is 0 Å². The van der Waals surface area contributed by atoms with E-state index < -0.39 is 0 Å². The van der Waals surface area contributed by atoms with E-state index in [1.54, 1.807) is 0 Å². The van der Waals surface area contributed by atoms with Gasteiger partial charge >= 0.3 is 0 Å². The Morgan fingerprint density at radius 2 is 1.90 bits per heavy atom. The molecule has 1 N–H and O–H groups in total. The van der Waals surface area contributed by atoms with E-state index >= 15 is 0 Å². The first-order chi connectivity index (χ1) is 9.70. The van der Waals surface area contributed by atoms with Crippen molar-refractivity contribution in [2.45, 2.75) is 50.3 Å². The van der Waals surface area contributed by atoms with Gasteiger partial charge in [-0.2, -0.15) is 0 Å². The summed E-state index contributed by atoms with van der Waals surface area (Å²) in [6.45, 7) is 2.86. The van der Waals surface area contributed by atoms with Gasteiger partial charge in [-0.3, -0.25) is 4.79 Å². The van der Waals surface area contributed by atoms with Crippen molar-refractivity contribution in [3.05, 3.63) is 35.9 Å². The molecule has 0 saturated heterocycles. The average Bonchev–Trinajstić information content (AvgIpc) is 2.48. The summed E-state index contributed by atoms with van der Waals surface area (Å²) >= 11 is 6.11. The SMILES string of the molecule is CCC(C(=O)NCC1CCC(Cl)CC1)c1ccccc1. The summed E-state index contributed by atoms with van der Waals surface area (Å²) in [7, 11) is 0. The first-order valence-electron chi connectivity index (χ1n) is 7.67. The van der Waals surface area contributed by atoms with E-state index in [-0.39, 0.29) is 11.8 Å². The van der Waals surface area contributed by atoms with Gasteiger partial charge < -0.3 is 5.32 Å². The molecule has 1 aromatic rings. The van der Waals surface area contributed by atoms with Crippen molar-refractivity contribution in [2.24, 2.45) is 5.92 Å². The van der Waals surface area contributed by atoms with Crippen molar-refractivity contribution in [1.29, 1.82) is 0 Å². The molecule has 0 heterocycles. The largest absolute Gasteiger partial charge is 0.355 e. The zero-order valence-corrected chi connectivity index (χ0v) is 12.9. The van der Waals surface area contributed by atoms with Crippen molar-refractivity contribution in [3.63, 3.8) is 0 Å². The normalized spacial score (nSPS) is 24.1. The summed E-state index contributed by atoms with van der Waals surface area (Å²) in [6, 6.07) is 10.0. The smallest absolute Gasteiger partial charge is 0.227 e. The number of nitrogens with one attached hydrogen (secondary N) is 1. The number of hydrogen-bond acceptors (Lipinski definition) is 1. The summed E-state index contributed by atoms with van der Waals surface area (Å²) in [5, 5.41) is 3.48. The number of amides is 1. The van der Waals surface area contributed by atoms with Gasteiger partial charge in [0.25, 0.3) is 0 Å². The maximum absolute atomic E-state index is 12.3. The first-order valence-corrected chi connectivity index (χ1v) is 8.11. The fourth-order valence-corrected chi connectivity index (χ4v) is 3.20. The first kappa shape index (κ1) is 15.4. The van der Waals surface area contributed by atoms with Crippen LogP contribution in [0.4, 0.5) is 0 Å². The molecule has 1 aliphatic carbocycles. The number of carbonyl (C=O) groups is 1. The molecule has 110 valence electrons. The standard InChI is InChI=1S/C17H24ClNO/c1-2-16(14-6-4-3-5-7-14)17(20)19-12-13-8-10-15(18)11-9-13/h3-7,13,15-16H,2,8-12H2,1H3,(H,19,20). The molecule has 0 aromatic heterocycles. The van der Waals surface area contributed by atoms with E-state index in [1.807, 2.05) is 30.3 Å². The third-order valence-corrected chi connectivity index (χ3v) is 4.70. The molecule has 3 heteroatoms. The molecule has 1 fully saturated rings. The summed E-state index contributed by atoms with van der Waals surface area (Å²) < 4.78 is 0. The molecule has 1 aliphatic rings. The van der Waals surface area contributed by atoms with E-state index in [4.69, 9.17) is 11.6 Å². The Morgan fingerprint density at radius 3 is 2.50 bits per heavy atom. The van der Waals surface area contributed by atoms with Crippen molar-refractivity contribution in [2.75, 3.05) is 6.54 Å². The molecule has 0 spiro atoms. The Balaban J connectivity index is 1.84. The lowest BCUT2D eigenvalue weighted by molar-refractivity contribution is -0.122. The molecule has 20 heavy (non-hydrogen) atoms. The fraction of sp³-hybridized carbons (Fsp3) is 0.588. The summed E-state index contributed by atoms with van der Waals surface area (Å²) in [6.07, 6.45) is 5.27. The van der Waals surface area contributed by atoms with E-state index in [0.717, 1.165) is 44.2 Å². The Morgan fingerprint density at radius 1 is 1.25 bits per heavy atom. The highest BCUT2D eigenvalue weighted by Gasteiger charge is 2.22. The fourth-order valence-electron chi connectivity index (χ4n) is 2.95. The minimum absolute atomic E-state index is 0.0273. The van der Waals surface area contributed by atoms with Crippen LogP contribution in [0.25, 0.3) is 0 Å². The number of halogens is 1. The van der Waals surface area contributed by atoms with Gasteiger partial charge in [-0.25, -0.2) is 0 Å². The second kappa shape index (κ2) is 7.68. The predicted octanol–water partition coefficient (Wildman–Crippen LogP) is 4.09. The highest BCUT2D eigenvalue weighted by molar-refractivity contribution is 6.20. The third-order valence-electron chi connectivity index (χ3n) is 4.27. The maximum atomic E-state index is 12.3. The summed E-state index contributed by atoms with van der Waals surface area (Å²) in [4.78, 5) is 12.3. The predicted molar refractivity (Wildman–Crippen MR) is 84.1 cm³/mol. The number of hydrogen-bond donors (Lipinski definition) is 1. The van der Waals surface area contributed by atoms with Crippen LogP contribution in [0.5, 0.6) is 0 Å². The zero-order chi connectivity index (χ0) is 14.4. The number of carbonyl (C=O) groups excluding carboxylic acids is 1. The van der Waals surface area contributed by atoms with Crippen molar-refractivity contribution in [1.82, 2.24) is 5.32 Å².